The van der Waals surface area contributed by atoms with Crippen LogP contribution in [0.1, 0.15) is 31.2 Å². The van der Waals surface area contributed by atoms with E-state index >= 15 is 0 Å². The second-order valence-electron chi connectivity index (χ2n) is 8.01. The summed E-state index contributed by atoms with van der Waals surface area (Å²) in [6.45, 7) is 1.95. The van der Waals surface area contributed by atoms with Crippen molar-refractivity contribution >= 4 is 34.2 Å². The van der Waals surface area contributed by atoms with Gasteiger partial charge in [0, 0.05) is 16.9 Å². The van der Waals surface area contributed by atoms with Gasteiger partial charge in [0.25, 0.3) is 11.8 Å². The van der Waals surface area contributed by atoms with Crippen LogP contribution in [0.15, 0.2) is 84.9 Å². The molecule has 0 saturated heterocycles. The van der Waals surface area contributed by atoms with Crippen LogP contribution >= 0.6 is 11.3 Å². The lowest BCUT2D eigenvalue weighted by Gasteiger charge is -2.25. The van der Waals surface area contributed by atoms with Gasteiger partial charge in [-0.3, -0.25) is 19.3 Å². The Morgan fingerprint density at radius 2 is 1.44 bits per heavy atom. The Kier molecular flexibility index (Phi) is 5.77. The van der Waals surface area contributed by atoms with Gasteiger partial charge in [0.05, 0.1) is 16.8 Å². The van der Waals surface area contributed by atoms with Gasteiger partial charge in [-0.25, -0.2) is 4.98 Å². The molecule has 2 heterocycles. The van der Waals surface area contributed by atoms with Gasteiger partial charge in [0.15, 0.2) is 5.13 Å². The molecule has 34 heavy (non-hydrogen) atoms. The molecule has 1 aliphatic heterocycles. The molecule has 3 amide bonds. The molecule has 0 unspecified atom stereocenters. The van der Waals surface area contributed by atoms with E-state index in [4.69, 9.17) is 0 Å². The van der Waals surface area contributed by atoms with Gasteiger partial charge in [0.2, 0.25) is 5.91 Å². The van der Waals surface area contributed by atoms with E-state index in [1.54, 1.807) is 24.3 Å². The van der Waals surface area contributed by atoms with Gasteiger partial charge < -0.3 is 5.32 Å². The van der Waals surface area contributed by atoms with Crippen LogP contribution < -0.4 is 5.32 Å². The molecule has 0 radical (unpaired) electrons. The number of hydrogen-bond donors (Lipinski definition) is 1. The maximum atomic E-state index is 13.5. The van der Waals surface area contributed by atoms with E-state index in [0.717, 1.165) is 26.6 Å². The summed E-state index contributed by atoms with van der Waals surface area (Å²) in [6.07, 6.45) is 0.202. The summed E-state index contributed by atoms with van der Waals surface area (Å²) in [5.41, 5.74) is 3.23. The van der Waals surface area contributed by atoms with Gasteiger partial charge in [-0.15, -0.1) is 11.3 Å². The number of aryl methyl sites for hydroxylation is 1. The molecule has 7 heteroatoms. The number of amides is 3. The Morgan fingerprint density at radius 1 is 0.882 bits per heavy atom. The van der Waals surface area contributed by atoms with Crippen LogP contribution in [0.3, 0.4) is 0 Å². The second kappa shape index (κ2) is 9.03. The zero-order chi connectivity index (χ0) is 23.7. The molecule has 1 aromatic heterocycles. The first kappa shape index (κ1) is 21.7. The number of hydrogen-bond acceptors (Lipinski definition) is 5. The Labute approximate surface area is 200 Å². The third kappa shape index (κ3) is 4.02. The first-order valence-corrected chi connectivity index (χ1v) is 11.7. The molecular weight excluding hydrogens is 446 g/mol. The highest BCUT2D eigenvalue weighted by Crippen LogP contribution is 2.31. The predicted molar refractivity (Wildman–Crippen MR) is 132 cm³/mol. The van der Waals surface area contributed by atoms with Gasteiger partial charge in [-0.1, -0.05) is 72.8 Å². The quantitative estimate of drug-likeness (QED) is 0.406. The molecule has 1 aliphatic rings. The van der Waals surface area contributed by atoms with Crippen LogP contribution in [-0.2, 0) is 11.2 Å². The summed E-state index contributed by atoms with van der Waals surface area (Å²) < 4.78 is 0. The molecule has 6 nitrogen and oxygen atoms in total. The smallest absolute Gasteiger partial charge is 0.262 e. The molecule has 0 spiro atoms. The van der Waals surface area contributed by atoms with Crippen LogP contribution in [0.4, 0.5) is 5.13 Å². The van der Waals surface area contributed by atoms with E-state index in [1.165, 1.54) is 11.3 Å². The number of nitrogens with one attached hydrogen (secondary N) is 1. The van der Waals surface area contributed by atoms with E-state index in [1.807, 2.05) is 67.6 Å². The van der Waals surface area contributed by atoms with Crippen LogP contribution in [0, 0.1) is 6.92 Å². The number of carbonyl (C=O) groups is 3. The molecule has 0 fully saturated rings. The largest absolute Gasteiger partial charge is 0.300 e. The molecule has 0 bridgehead atoms. The highest BCUT2D eigenvalue weighted by atomic mass is 32.1. The predicted octanol–water partition coefficient (Wildman–Crippen LogP) is 4.96. The van der Waals surface area contributed by atoms with Crippen LogP contribution in [0.5, 0.6) is 0 Å². The Hall–Kier alpha value is -4.10. The number of benzene rings is 3. The van der Waals surface area contributed by atoms with Gasteiger partial charge in [-0.2, -0.15) is 0 Å². The summed E-state index contributed by atoms with van der Waals surface area (Å²) in [5.74, 6) is -1.37. The number of imide groups is 1. The summed E-state index contributed by atoms with van der Waals surface area (Å²) in [7, 11) is 0. The number of nitrogens with zero attached hydrogens (tertiary/aromatic N) is 2. The van der Waals surface area contributed by atoms with Crippen molar-refractivity contribution in [3.05, 3.63) is 106 Å². The molecular formula is C27H21N3O3S. The summed E-state index contributed by atoms with van der Waals surface area (Å²) in [6, 6.07) is 24.7. The highest BCUT2D eigenvalue weighted by Gasteiger charge is 2.42. The number of rotatable bonds is 6. The fourth-order valence-electron chi connectivity index (χ4n) is 4.13. The van der Waals surface area contributed by atoms with Crippen molar-refractivity contribution in [1.82, 2.24) is 9.88 Å². The minimum Gasteiger partial charge on any atom is -0.300 e. The molecule has 168 valence electrons. The van der Waals surface area contributed by atoms with Crippen molar-refractivity contribution in [2.45, 2.75) is 19.4 Å². The molecule has 5 rings (SSSR count). The average Bonchev–Trinajstić information content (AvgIpc) is 3.35. The van der Waals surface area contributed by atoms with E-state index in [0.29, 0.717) is 16.3 Å². The molecule has 1 atom stereocenters. The van der Waals surface area contributed by atoms with Crippen LogP contribution in [-0.4, -0.2) is 33.6 Å². The fraction of sp³-hybridized carbons (Fsp3) is 0.111. The first-order chi connectivity index (χ1) is 16.5. The van der Waals surface area contributed by atoms with Crippen molar-refractivity contribution < 1.29 is 14.4 Å². The SMILES string of the molecule is Cc1sc(NC(=O)[C@@H](Cc2ccccc2)N2C(=O)c3ccccc3C2=O)nc1-c1ccccc1. The van der Waals surface area contributed by atoms with E-state index in [2.05, 4.69) is 10.3 Å². The highest BCUT2D eigenvalue weighted by molar-refractivity contribution is 7.16. The molecule has 1 N–H and O–H groups in total. The zero-order valence-electron chi connectivity index (χ0n) is 18.4. The van der Waals surface area contributed by atoms with E-state index in [-0.39, 0.29) is 6.42 Å². The van der Waals surface area contributed by atoms with Gasteiger partial charge in [0.1, 0.15) is 6.04 Å². The van der Waals surface area contributed by atoms with E-state index in [9.17, 15) is 14.4 Å². The summed E-state index contributed by atoms with van der Waals surface area (Å²) >= 11 is 1.36. The summed E-state index contributed by atoms with van der Waals surface area (Å²) in [5, 5.41) is 3.29. The molecule has 4 aromatic rings. The van der Waals surface area contributed by atoms with Crippen LogP contribution in [0.25, 0.3) is 11.3 Å². The van der Waals surface area contributed by atoms with Crippen molar-refractivity contribution in [3.8, 4) is 11.3 Å². The number of fused-ring (bicyclic) bond motifs is 1. The number of aromatic nitrogens is 1. The molecule has 0 saturated carbocycles. The van der Waals surface area contributed by atoms with Crippen molar-refractivity contribution in [1.29, 1.82) is 0 Å². The molecule has 0 aliphatic carbocycles. The Bertz CT molecular complexity index is 1350. The lowest BCUT2D eigenvalue weighted by atomic mass is 10.0. The Morgan fingerprint density at radius 3 is 2.06 bits per heavy atom. The standard InChI is InChI=1S/C27H21N3O3S/c1-17-23(19-12-6-3-7-13-19)28-27(34-17)29-24(31)22(16-18-10-4-2-5-11-18)30-25(32)20-14-8-9-15-21(20)26(30)33/h2-15,22H,16H2,1H3,(H,28,29,31)/t22-/m1/s1. The third-order valence-electron chi connectivity index (χ3n) is 5.79. The number of thiazole rings is 1. The maximum Gasteiger partial charge on any atom is 0.262 e. The minimum atomic E-state index is -1.01. The summed E-state index contributed by atoms with van der Waals surface area (Å²) in [4.78, 5) is 46.5. The number of anilines is 1. The van der Waals surface area contributed by atoms with Gasteiger partial charge in [-0.05, 0) is 24.6 Å². The second-order valence-corrected chi connectivity index (χ2v) is 9.21. The normalized spacial score (nSPS) is 13.6. The maximum absolute atomic E-state index is 13.5. The van der Waals surface area contributed by atoms with E-state index < -0.39 is 23.8 Å². The first-order valence-electron chi connectivity index (χ1n) is 10.9. The van der Waals surface area contributed by atoms with Gasteiger partial charge >= 0.3 is 0 Å². The zero-order valence-corrected chi connectivity index (χ0v) is 19.2. The number of carbonyl (C=O) groups excluding carboxylic acids is 3. The lowest BCUT2D eigenvalue weighted by molar-refractivity contribution is -0.119. The fourth-order valence-corrected chi connectivity index (χ4v) is 4.97. The minimum absolute atomic E-state index is 0.202. The van der Waals surface area contributed by atoms with Crippen LogP contribution in [0.2, 0.25) is 0 Å². The molecule has 3 aromatic carbocycles. The average molecular weight is 468 g/mol. The monoisotopic (exact) mass is 467 g/mol. The topological polar surface area (TPSA) is 79.4 Å². The van der Waals surface area contributed by atoms with Crippen molar-refractivity contribution in [2.75, 3.05) is 5.32 Å². The third-order valence-corrected chi connectivity index (χ3v) is 6.67. The van der Waals surface area contributed by atoms with Crippen molar-refractivity contribution in [3.63, 3.8) is 0 Å². The van der Waals surface area contributed by atoms with Crippen molar-refractivity contribution in [2.24, 2.45) is 0 Å². The lowest BCUT2D eigenvalue weighted by Crippen LogP contribution is -2.48. The Balaban J connectivity index is 1.46.